The fourth-order valence-electron chi connectivity index (χ4n) is 2.36. The second-order valence-corrected chi connectivity index (χ2v) is 6.55. The molecule has 1 atom stereocenters. The van der Waals surface area contributed by atoms with E-state index in [0.717, 1.165) is 4.31 Å². The van der Waals surface area contributed by atoms with Gasteiger partial charge in [-0.05, 0) is 24.3 Å². The van der Waals surface area contributed by atoms with Crippen molar-refractivity contribution in [3.05, 3.63) is 36.3 Å². The van der Waals surface area contributed by atoms with Crippen LogP contribution < -0.4 is 13.9 Å². The molecule has 3 rings (SSSR count). The smallest absolute Gasteiger partial charge is 0.253 e. The molecule has 126 valence electrons. The van der Waals surface area contributed by atoms with Gasteiger partial charge in [-0.1, -0.05) is 0 Å². The summed E-state index contributed by atoms with van der Waals surface area (Å²) in [6, 6.07) is 6.15. The van der Waals surface area contributed by atoms with Crippen molar-refractivity contribution in [2.45, 2.75) is 0 Å². The molecule has 24 heavy (non-hydrogen) atoms. The Kier molecular flexibility index (Phi) is 4.10. The number of carbonyl (C=O) groups excluding carboxylic acids is 1. The van der Waals surface area contributed by atoms with Crippen molar-refractivity contribution in [1.29, 1.82) is 0 Å². The first-order valence-electron chi connectivity index (χ1n) is 7.02. The number of nitrogens with zero attached hydrogens (tertiary/aromatic N) is 3. The molecule has 7 nitrogen and oxygen atoms in total. The van der Waals surface area contributed by atoms with E-state index in [0.29, 0.717) is 11.4 Å². The molecule has 0 spiro atoms. The van der Waals surface area contributed by atoms with Crippen molar-refractivity contribution in [1.82, 2.24) is 9.71 Å². The zero-order valence-electron chi connectivity index (χ0n) is 13.0. The first-order valence-corrected chi connectivity index (χ1v) is 8.13. The van der Waals surface area contributed by atoms with Crippen LogP contribution in [-0.2, 0) is 16.0 Å². The normalized spacial score (nSPS) is 17.0. The number of phenols is 1. The third kappa shape index (κ3) is 2.78. The van der Waals surface area contributed by atoms with Crippen LogP contribution in [0.15, 0.2) is 30.5 Å². The number of anilines is 2. The number of nitrogens with one attached hydrogen (secondary N) is 1. The van der Waals surface area contributed by atoms with Crippen LogP contribution in [0, 0.1) is 5.82 Å². The first-order chi connectivity index (χ1) is 11.4. The predicted octanol–water partition coefficient (Wildman–Crippen LogP) is 1.17. The lowest BCUT2D eigenvalue weighted by atomic mass is 10.1. The number of phenolic OH excluding ortho intramolecular Hbond substituents is 1. The van der Waals surface area contributed by atoms with Crippen LogP contribution in [0.4, 0.5) is 15.9 Å². The number of rotatable bonds is 3. The average Bonchev–Trinajstić information content (AvgIpc) is 2.86. The van der Waals surface area contributed by atoms with E-state index in [9.17, 15) is 18.5 Å². The largest absolute Gasteiger partial charge is 0.506 e. The van der Waals surface area contributed by atoms with Crippen LogP contribution >= 0.6 is 0 Å². The lowest BCUT2D eigenvalue weighted by molar-refractivity contribution is -0.117. The fourth-order valence-corrected chi connectivity index (χ4v) is 3.30. The Morgan fingerprint density at radius 3 is 2.62 bits per heavy atom. The van der Waals surface area contributed by atoms with Gasteiger partial charge in [-0.2, -0.15) is 0 Å². The summed E-state index contributed by atoms with van der Waals surface area (Å²) in [6.45, 7) is -0.293. The standard InChI is InChI=1S/C15H15FN4O3S/c1-19(2)12-6-3-9(7-17-12)10-4-5-11(21)15(14(10)16)20-8-13(22)18-24(20)23/h3-7,21H,8H2,1-2H3,(H,18,22). The van der Waals surface area contributed by atoms with Gasteiger partial charge >= 0.3 is 0 Å². The van der Waals surface area contributed by atoms with E-state index in [4.69, 9.17) is 0 Å². The molecule has 1 saturated heterocycles. The zero-order valence-corrected chi connectivity index (χ0v) is 13.8. The predicted molar refractivity (Wildman–Crippen MR) is 89.3 cm³/mol. The number of benzene rings is 1. The van der Waals surface area contributed by atoms with Gasteiger partial charge in [0.05, 0.1) is 0 Å². The van der Waals surface area contributed by atoms with E-state index in [2.05, 4.69) is 9.71 Å². The van der Waals surface area contributed by atoms with Crippen molar-refractivity contribution < 1.29 is 18.5 Å². The number of aromatic hydroxyl groups is 1. The number of pyridine rings is 1. The maximum absolute atomic E-state index is 14.9. The quantitative estimate of drug-likeness (QED) is 0.868. The molecule has 9 heteroatoms. The minimum atomic E-state index is -1.93. The highest BCUT2D eigenvalue weighted by atomic mass is 32.2. The summed E-state index contributed by atoms with van der Waals surface area (Å²) in [5, 5.41) is 9.97. The van der Waals surface area contributed by atoms with Gasteiger partial charge in [-0.15, -0.1) is 0 Å². The van der Waals surface area contributed by atoms with Crippen LogP contribution in [0.2, 0.25) is 0 Å². The van der Waals surface area contributed by atoms with Crippen molar-refractivity contribution in [2.75, 3.05) is 29.8 Å². The van der Waals surface area contributed by atoms with Gasteiger partial charge in [-0.25, -0.2) is 13.6 Å². The Labute approximate surface area is 140 Å². The third-order valence-corrected chi connectivity index (χ3v) is 4.66. The van der Waals surface area contributed by atoms with Gasteiger partial charge in [0.15, 0.2) is 5.82 Å². The van der Waals surface area contributed by atoms with Gasteiger partial charge in [0.1, 0.15) is 23.8 Å². The molecular weight excluding hydrogens is 335 g/mol. The van der Waals surface area contributed by atoms with Crippen LogP contribution in [0.5, 0.6) is 5.75 Å². The van der Waals surface area contributed by atoms with Gasteiger partial charge in [0, 0.05) is 31.4 Å². The minimum absolute atomic E-state index is 0.192. The number of aromatic nitrogens is 1. The lowest BCUT2D eigenvalue weighted by Gasteiger charge is -2.18. The number of hydrogen-bond donors (Lipinski definition) is 2. The van der Waals surface area contributed by atoms with Crippen molar-refractivity contribution >= 4 is 28.6 Å². The second-order valence-electron chi connectivity index (χ2n) is 5.41. The summed E-state index contributed by atoms with van der Waals surface area (Å²) in [6.07, 6.45) is 1.51. The SMILES string of the molecule is CN(C)c1ccc(-c2ccc(O)c(N3CC(=O)NS3=O)c2F)cn1. The Balaban J connectivity index is 2.06. The molecule has 1 aromatic carbocycles. The summed E-state index contributed by atoms with van der Waals surface area (Å²) < 4.78 is 29.9. The molecule has 1 fully saturated rings. The topological polar surface area (TPSA) is 85.8 Å². The van der Waals surface area contributed by atoms with Gasteiger partial charge < -0.3 is 10.0 Å². The molecule has 2 N–H and O–H groups in total. The maximum Gasteiger partial charge on any atom is 0.253 e. The molecule has 2 heterocycles. The zero-order chi connectivity index (χ0) is 17.4. The lowest BCUT2D eigenvalue weighted by Crippen LogP contribution is -2.23. The molecule has 1 aromatic heterocycles. The highest BCUT2D eigenvalue weighted by Gasteiger charge is 2.32. The summed E-state index contributed by atoms with van der Waals surface area (Å²) in [4.78, 5) is 17.4. The van der Waals surface area contributed by atoms with E-state index in [1.165, 1.54) is 18.3 Å². The number of hydrogen-bond acceptors (Lipinski definition) is 5. The monoisotopic (exact) mass is 350 g/mol. The van der Waals surface area contributed by atoms with E-state index < -0.39 is 22.9 Å². The molecule has 1 amide bonds. The fraction of sp³-hybridized carbons (Fsp3) is 0.200. The average molecular weight is 350 g/mol. The Bertz CT molecular complexity index is 826. The maximum atomic E-state index is 14.9. The number of carbonyl (C=O) groups is 1. The van der Waals surface area contributed by atoms with Crippen LogP contribution in [0.3, 0.4) is 0 Å². The molecule has 1 aliphatic rings. The molecule has 0 radical (unpaired) electrons. The highest BCUT2D eigenvalue weighted by Crippen LogP contribution is 2.38. The summed E-state index contributed by atoms with van der Waals surface area (Å²) >= 11 is -1.93. The van der Waals surface area contributed by atoms with Crippen molar-refractivity contribution in [2.24, 2.45) is 0 Å². The number of halogens is 1. The van der Waals surface area contributed by atoms with Gasteiger partial charge in [-0.3, -0.25) is 13.8 Å². The summed E-state index contributed by atoms with van der Waals surface area (Å²) in [5.74, 6) is -0.943. The van der Waals surface area contributed by atoms with E-state index in [-0.39, 0.29) is 23.5 Å². The Morgan fingerprint density at radius 1 is 1.33 bits per heavy atom. The van der Waals surface area contributed by atoms with Crippen molar-refractivity contribution in [3.63, 3.8) is 0 Å². The van der Waals surface area contributed by atoms with Gasteiger partial charge in [0.25, 0.3) is 5.91 Å². The van der Waals surface area contributed by atoms with E-state index in [1.54, 1.807) is 12.1 Å². The molecule has 0 aliphatic carbocycles. The number of amides is 1. The molecule has 0 bridgehead atoms. The Hall–Kier alpha value is -2.68. The molecule has 2 aromatic rings. The highest BCUT2D eigenvalue weighted by molar-refractivity contribution is 7.85. The molecule has 1 aliphatic heterocycles. The molecular formula is C15H15FN4O3S. The van der Waals surface area contributed by atoms with E-state index >= 15 is 0 Å². The van der Waals surface area contributed by atoms with Crippen molar-refractivity contribution in [3.8, 4) is 16.9 Å². The van der Waals surface area contributed by atoms with Gasteiger partial charge in [0.2, 0.25) is 11.2 Å². The minimum Gasteiger partial charge on any atom is -0.506 e. The third-order valence-electron chi connectivity index (χ3n) is 3.55. The molecule has 0 saturated carbocycles. The van der Waals surface area contributed by atoms with Crippen LogP contribution in [0.25, 0.3) is 11.1 Å². The Morgan fingerprint density at radius 2 is 2.08 bits per heavy atom. The summed E-state index contributed by atoms with van der Waals surface area (Å²) in [7, 11) is 3.68. The van der Waals surface area contributed by atoms with Crippen LogP contribution in [0.1, 0.15) is 0 Å². The van der Waals surface area contributed by atoms with Crippen LogP contribution in [-0.4, -0.2) is 40.8 Å². The van der Waals surface area contributed by atoms with E-state index in [1.807, 2.05) is 19.0 Å². The molecule has 1 unspecified atom stereocenters. The first kappa shape index (κ1) is 16.2. The summed E-state index contributed by atoms with van der Waals surface area (Å²) in [5.41, 5.74) is 0.418. The second kappa shape index (κ2) is 6.08.